The van der Waals surface area contributed by atoms with Gasteiger partial charge in [-0.2, -0.15) is 0 Å². The van der Waals surface area contributed by atoms with Gasteiger partial charge in [0.2, 0.25) is 0 Å². The van der Waals surface area contributed by atoms with E-state index in [0.717, 1.165) is 17.4 Å². The molecule has 0 aliphatic heterocycles. The second-order valence-electron chi connectivity index (χ2n) is 4.41. The number of aldehydes is 1. The lowest BCUT2D eigenvalue weighted by Gasteiger charge is -2.05. The molecule has 3 rings (SSSR count). The number of nitrogens with zero attached hydrogens (tertiary/aromatic N) is 1. The van der Waals surface area contributed by atoms with E-state index in [9.17, 15) is 4.79 Å². The summed E-state index contributed by atoms with van der Waals surface area (Å²) in [5.74, 6) is 0. The minimum absolute atomic E-state index is 0.709. The first-order chi connectivity index (χ1) is 8.79. The van der Waals surface area contributed by atoms with Crippen LogP contribution in [0.25, 0.3) is 22.0 Å². The average Bonchev–Trinajstić information content (AvgIpc) is 2.81. The first-order valence-electron chi connectivity index (χ1n) is 5.89. The zero-order valence-electron chi connectivity index (χ0n) is 10.1. The number of fused-ring (bicyclic) bond motifs is 1. The SMILES string of the molecule is Cn1ccc2c(-c3cccc(C=O)c3)cccc21. The number of aromatic nitrogens is 1. The largest absolute Gasteiger partial charge is 0.351 e. The highest BCUT2D eigenvalue weighted by Crippen LogP contribution is 2.29. The van der Waals surface area contributed by atoms with Crippen molar-refractivity contribution >= 4 is 17.2 Å². The molecule has 2 nitrogen and oxygen atoms in total. The van der Waals surface area contributed by atoms with Crippen molar-refractivity contribution in [3.8, 4) is 11.1 Å². The molecular weight excluding hydrogens is 222 g/mol. The number of carbonyl (C=O) groups excluding carboxylic acids is 1. The molecule has 0 spiro atoms. The lowest BCUT2D eigenvalue weighted by molar-refractivity contribution is 0.112. The van der Waals surface area contributed by atoms with E-state index in [2.05, 4.69) is 29.0 Å². The summed E-state index contributed by atoms with van der Waals surface area (Å²) in [4.78, 5) is 10.9. The Bertz CT molecular complexity index is 725. The second-order valence-corrected chi connectivity index (χ2v) is 4.41. The van der Waals surface area contributed by atoms with Gasteiger partial charge >= 0.3 is 0 Å². The Kier molecular flexibility index (Phi) is 2.49. The van der Waals surface area contributed by atoms with Gasteiger partial charge in [-0.05, 0) is 29.3 Å². The van der Waals surface area contributed by atoms with Gasteiger partial charge in [-0.15, -0.1) is 0 Å². The molecule has 1 aromatic heterocycles. The molecule has 2 aromatic carbocycles. The Morgan fingerprint density at radius 3 is 2.72 bits per heavy atom. The van der Waals surface area contributed by atoms with Crippen LogP contribution in [-0.2, 0) is 7.05 Å². The summed E-state index contributed by atoms with van der Waals surface area (Å²) in [7, 11) is 2.04. The predicted molar refractivity (Wildman–Crippen MR) is 73.7 cm³/mol. The van der Waals surface area contributed by atoms with Crippen molar-refractivity contribution in [3.63, 3.8) is 0 Å². The highest BCUT2D eigenvalue weighted by molar-refractivity contribution is 5.96. The highest BCUT2D eigenvalue weighted by Gasteiger charge is 2.06. The zero-order chi connectivity index (χ0) is 12.5. The van der Waals surface area contributed by atoms with Crippen LogP contribution in [0.5, 0.6) is 0 Å². The quantitative estimate of drug-likeness (QED) is 0.621. The summed E-state index contributed by atoms with van der Waals surface area (Å²) in [6.07, 6.45) is 2.94. The van der Waals surface area contributed by atoms with Crippen molar-refractivity contribution in [2.45, 2.75) is 0 Å². The van der Waals surface area contributed by atoms with E-state index in [4.69, 9.17) is 0 Å². The van der Waals surface area contributed by atoms with Crippen LogP contribution in [0.1, 0.15) is 10.4 Å². The van der Waals surface area contributed by atoms with Crippen LogP contribution in [0.2, 0.25) is 0 Å². The van der Waals surface area contributed by atoms with Crippen LogP contribution in [-0.4, -0.2) is 10.9 Å². The molecule has 1 heterocycles. The summed E-state index contributed by atoms with van der Waals surface area (Å²) >= 11 is 0. The Morgan fingerprint density at radius 1 is 1.06 bits per heavy atom. The van der Waals surface area contributed by atoms with Gasteiger partial charge in [0.1, 0.15) is 6.29 Å². The zero-order valence-corrected chi connectivity index (χ0v) is 10.1. The molecule has 0 atom stereocenters. The average molecular weight is 235 g/mol. The molecule has 0 aliphatic rings. The van der Waals surface area contributed by atoms with Gasteiger partial charge in [0.25, 0.3) is 0 Å². The minimum atomic E-state index is 0.709. The molecule has 0 N–H and O–H groups in total. The summed E-state index contributed by atoms with van der Waals surface area (Å²) in [6.45, 7) is 0. The number of rotatable bonds is 2. The molecule has 0 saturated heterocycles. The van der Waals surface area contributed by atoms with E-state index >= 15 is 0 Å². The topological polar surface area (TPSA) is 22.0 Å². The van der Waals surface area contributed by atoms with Gasteiger partial charge in [0, 0.05) is 29.7 Å². The second kappa shape index (κ2) is 4.15. The van der Waals surface area contributed by atoms with Gasteiger partial charge < -0.3 is 4.57 Å². The fourth-order valence-corrected chi connectivity index (χ4v) is 2.33. The number of benzene rings is 2. The molecule has 0 unspecified atom stereocenters. The van der Waals surface area contributed by atoms with Crippen LogP contribution >= 0.6 is 0 Å². The Hall–Kier alpha value is -2.35. The van der Waals surface area contributed by atoms with E-state index < -0.39 is 0 Å². The molecule has 0 amide bonds. The number of carbonyl (C=O) groups is 1. The molecule has 3 aromatic rings. The van der Waals surface area contributed by atoms with E-state index in [1.165, 1.54) is 10.9 Å². The van der Waals surface area contributed by atoms with Crippen LogP contribution in [0.3, 0.4) is 0 Å². The predicted octanol–water partition coefficient (Wildman–Crippen LogP) is 3.66. The maximum Gasteiger partial charge on any atom is 0.150 e. The van der Waals surface area contributed by atoms with Gasteiger partial charge in [0.15, 0.2) is 0 Å². The van der Waals surface area contributed by atoms with Crippen LogP contribution < -0.4 is 0 Å². The maximum absolute atomic E-state index is 10.9. The lowest BCUT2D eigenvalue weighted by atomic mass is 10.0. The third kappa shape index (κ3) is 1.63. The van der Waals surface area contributed by atoms with Crippen molar-refractivity contribution < 1.29 is 4.79 Å². The van der Waals surface area contributed by atoms with E-state index in [-0.39, 0.29) is 0 Å². The monoisotopic (exact) mass is 235 g/mol. The molecule has 18 heavy (non-hydrogen) atoms. The smallest absolute Gasteiger partial charge is 0.150 e. The summed E-state index contributed by atoms with van der Waals surface area (Å²) in [5, 5.41) is 1.21. The molecule has 2 heteroatoms. The van der Waals surface area contributed by atoms with Crippen molar-refractivity contribution in [2.24, 2.45) is 7.05 Å². The summed E-state index contributed by atoms with van der Waals surface area (Å²) < 4.78 is 2.10. The molecule has 0 bridgehead atoms. The van der Waals surface area contributed by atoms with Crippen molar-refractivity contribution in [1.82, 2.24) is 4.57 Å². The third-order valence-electron chi connectivity index (χ3n) is 3.26. The van der Waals surface area contributed by atoms with E-state index in [0.29, 0.717) is 5.56 Å². The first kappa shape index (κ1) is 10.8. The first-order valence-corrected chi connectivity index (χ1v) is 5.89. The van der Waals surface area contributed by atoms with Crippen LogP contribution in [0.15, 0.2) is 54.7 Å². The number of hydrogen-bond donors (Lipinski definition) is 0. The Balaban J connectivity index is 2.27. The van der Waals surface area contributed by atoms with Crippen LogP contribution in [0, 0.1) is 0 Å². The van der Waals surface area contributed by atoms with Gasteiger partial charge in [-0.3, -0.25) is 4.79 Å². The Labute approximate surface area is 105 Å². The summed E-state index contributed by atoms with van der Waals surface area (Å²) in [5.41, 5.74) is 4.15. The molecule has 0 radical (unpaired) electrons. The van der Waals surface area contributed by atoms with Crippen molar-refractivity contribution in [3.05, 3.63) is 60.3 Å². The summed E-state index contributed by atoms with van der Waals surface area (Å²) in [6, 6.07) is 16.0. The third-order valence-corrected chi connectivity index (χ3v) is 3.26. The normalized spacial score (nSPS) is 10.7. The number of hydrogen-bond acceptors (Lipinski definition) is 1. The fourth-order valence-electron chi connectivity index (χ4n) is 2.33. The van der Waals surface area contributed by atoms with Crippen LogP contribution in [0.4, 0.5) is 0 Å². The van der Waals surface area contributed by atoms with Gasteiger partial charge in [0.05, 0.1) is 0 Å². The minimum Gasteiger partial charge on any atom is -0.351 e. The molecule has 88 valence electrons. The lowest BCUT2D eigenvalue weighted by Crippen LogP contribution is -1.86. The highest BCUT2D eigenvalue weighted by atomic mass is 16.1. The van der Waals surface area contributed by atoms with E-state index in [1.807, 2.05) is 37.4 Å². The number of aryl methyl sites for hydroxylation is 1. The standard InChI is InChI=1S/C16H13NO/c1-17-9-8-15-14(6-3-7-16(15)17)13-5-2-4-12(10-13)11-18/h2-11H,1H3. The molecule has 0 saturated carbocycles. The molecule has 0 fully saturated rings. The molecule has 0 aliphatic carbocycles. The maximum atomic E-state index is 10.9. The fraction of sp³-hybridized carbons (Fsp3) is 0.0625. The van der Waals surface area contributed by atoms with Crippen molar-refractivity contribution in [2.75, 3.05) is 0 Å². The molecular formula is C16H13NO. The van der Waals surface area contributed by atoms with Gasteiger partial charge in [-0.1, -0.05) is 30.3 Å². The van der Waals surface area contributed by atoms with Crippen molar-refractivity contribution in [1.29, 1.82) is 0 Å². The Morgan fingerprint density at radius 2 is 1.89 bits per heavy atom. The van der Waals surface area contributed by atoms with E-state index in [1.54, 1.807) is 0 Å². The van der Waals surface area contributed by atoms with Gasteiger partial charge in [-0.25, -0.2) is 0 Å².